The predicted octanol–water partition coefficient (Wildman–Crippen LogP) is 0.512. The van der Waals surface area contributed by atoms with Gasteiger partial charge in [0.05, 0.1) is 17.2 Å². The summed E-state index contributed by atoms with van der Waals surface area (Å²) in [7, 11) is 1.91. The molecule has 2 rings (SSSR count). The lowest BCUT2D eigenvalue weighted by molar-refractivity contribution is -0.118. The number of nitrogens with one attached hydrogen (secondary N) is 1. The van der Waals surface area contributed by atoms with Gasteiger partial charge < -0.3 is 5.32 Å². The van der Waals surface area contributed by atoms with Crippen LogP contribution in [0.4, 0.5) is 0 Å². The SMILES string of the molecule is Cc1nc(C2NC(=O)CN2C)cs1. The van der Waals surface area contributed by atoms with Crippen LogP contribution in [-0.2, 0) is 4.79 Å². The number of carbonyl (C=O) groups excluding carboxylic acids is 1. The number of amides is 1. The molecule has 1 aliphatic rings. The van der Waals surface area contributed by atoms with Crippen LogP contribution in [0.5, 0.6) is 0 Å². The zero-order valence-corrected chi connectivity index (χ0v) is 8.39. The molecule has 1 unspecified atom stereocenters. The van der Waals surface area contributed by atoms with Crippen molar-refractivity contribution in [3.8, 4) is 0 Å². The molecule has 70 valence electrons. The lowest BCUT2D eigenvalue weighted by atomic mass is 10.4. The summed E-state index contributed by atoms with van der Waals surface area (Å²) < 4.78 is 0. The molecule has 13 heavy (non-hydrogen) atoms. The molecule has 0 radical (unpaired) electrons. The first-order chi connectivity index (χ1) is 6.16. The Bertz CT molecular complexity index is 336. The van der Waals surface area contributed by atoms with Gasteiger partial charge in [-0.1, -0.05) is 0 Å². The Labute approximate surface area is 80.6 Å². The third kappa shape index (κ3) is 1.57. The number of aryl methyl sites for hydroxylation is 1. The van der Waals surface area contributed by atoms with Crippen LogP contribution in [-0.4, -0.2) is 29.4 Å². The molecule has 1 aliphatic heterocycles. The molecule has 2 heterocycles. The van der Waals surface area contributed by atoms with Gasteiger partial charge in [0.1, 0.15) is 6.17 Å². The molecular formula is C8H11N3OS. The van der Waals surface area contributed by atoms with Crippen molar-refractivity contribution in [1.29, 1.82) is 0 Å². The molecule has 1 saturated heterocycles. The summed E-state index contributed by atoms with van der Waals surface area (Å²) in [6, 6.07) is 0. The van der Waals surface area contributed by atoms with E-state index in [1.54, 1.807) is 11.3 Å². The third-order valence-corrected chi connectivity index (χ3v) is 2.84. The summed E-state index contributed by atoms with van der Waals surface area (Å²) in [5, 5.41) is 5.88. The van der Waals surface area contributed by atoms with E-state index in [4.69, 9.17) is 0 Å². The van der Waals surface area contributed by atoms with Crippen molar-refractivity contribution in [2.45, 2.75) is 13.1 Å². The third-order valence-electron chi connectivity index (χ3n) is 2.05. The van der Waals surface area contributed by atoms with Crippen LogP contribution >= 0.6 is 11.3 Å². The quantitative estimate of drug-likeness (QED) is 0.713. The van der Waals surface area contributed by atoms with Crippen LogP contribution in [0.15, 0.2) is 5.38 Å². The Morgan fingerprint density at radius 3 is 3.00 bits per heavy atom. The minimum Gasteiger partial charge on any atom is -0.334 e. The fourth-order valence-corrected chi connectivity index (χ4v) is 2.06. The Morgan fingerprint density at radius 2 is 2.54 bits per heavy atom. The number of aromatic nitrogens is 1. The van der Waals surface area contributed by atoms with Crippen molar-refractivity contribution in [1.82, 2.24) is 15.2 Å². The number of rotatable bonds is 1. The molecule has 0 spiro atoms. The molecule has 1 atom stereocenters. The average Bonchev–Trinajstić information content (AvgIpc) is 2.58. The Balaban J connectivity index is 2.22. The van der Waals surface area contributed by atoms with E-state index in [1.807, 2.05) is 24.3 Å². The lowest BCUT2D eigenvalue weighted by Gasteiger charge is -2.15. The topological polar surface area (TPSA) is 45.2 Å². The van der Waals surface area contributed by atoms with Crippen molar-refractivity contribution >= 4 is 17.2 Å². The molecule has 1 amide bonds. The minimum atomic E-state index is -0.0301. The van der Waals surface area contributed by atoms with Gasteiger partial charge in [0.2, 0.25) is 5.91 Å². The molecule has 0 aromatic carbocycles. The van der Waals surface area contributed by atoms with Crippen LogP contribution in [0.3, 0.4) is 0 Å². The van der Waals surface area contributed by atoms with Crippen LogP contribution < -0.4 is 5.32 Å². The van der Waals surface area contributed by atoms with Crippen molar-refractivity contribution in [3.05, 3.63) is 16.1 Å². The first-order valence-electron chi connectivity index (χ1n) is 4.08. The zero-order valence-electron chi connectivity index (χ0n) is 7.57. The molecule has 1 N–H and O–H groups in total. The molecule has 4 nitrogen and oxygen atoms in total. The van der Waals surface area contributed by atoms with Crippen LogP contribution in [0.25, 0.3) is 0 Å². The summed E-state index contributed by atoms with van der Waals surface area (Å²) >= 11 is 1.61. The number of carbonyl (C=O) groups is 1. The fraction of sp³-hybridized carbons (Fsp3) is 0.500. The van der Waals surface area contributed by atoms with E-state index < -0.39 is 0 Å². The van der Waals surface area contributed by atoms with E-state index in [0.717, 1.165) is 10.7 Å². The van der Waals surface area contributed by atoms with Crippen molar-refractivity contribution in [2.75, 3.05) is 13.6 Å². The molecule has 1 aromatic heterocycles. The molecule has 1 aromatic rings. The monoisotopic (exact) mass is 197 g/mol. The van der Waals surface area contributed by atoms with Gasteiger partial charge in [0, 0.05) is 5.38 Å². The Morgan fingerprint density at radius 1 is 1.77 bits per heavy atom. The summed E-state index contributed by atoms with van der Waals surface area (Å²) in [6.45, 7) is 2.42. The van der Waals surface area contributed by atoms with Gasteiger partial charge in [-0.2, -0.15) is 0 Å². The number of nitrogens with zero attached hydrogens (tertiary/aromatic N) is 2. The van der Waals surface area contributed by atoms with Gasteiger partial charge in [-0.3, -0.25) is 9.69 Å². The van der Waals surface area contributed by atoms with E-state index >= 15 is 0 Å². The normalized spacial score (nSPS) is 23.5. The van der Waals surface area contributed by atoms with Crippen molar-refractivity contribution in [3.63, 3.8) is 0 Å². The number of likely N-dealkylation sites (N-methyl/N-ethyl adjacent to an activating group) is 1. The van der Waals surface area contributed by atoms with Crippen LogP contribution in [0.2, 0.25) is 0 Å². The van der Waals surface area contributed by atoms with Gasteiger partial charge >= 0.3 is 0 Å². The predicted molar refractivity (Wildman–Crippen MR) is 50.4 cm³/mol. The maximum Gasteiger partial charge on any atom is 0.235 e. The van der Waals surface area contributed by atoms with Gasteiger partial charge in [-0.15, -0.1) is 11.3 Å². The molecule has 1 fully saturated rings. The van der Waals surface area contributed by atoms with Crippen molar-refractivity contribution < 1.29 is 4.79 Å². The summed E-state index contributed by atoms with van der Waals surface area (Å²) in [4.78, 5) is 17.4. The highest BCUT2D eigenvalue weighted by Gasteiger charge is 2.29. The number of hydrogen-bond acceptors (Lipinski definition) is 4. The second-order valence-corrected chi connectivity index (χ2v) is 4.24. The van der Waals surface area contributed by atoms with E-state index in [2.05, 4.69) is 10.3 Å². The minimum absolute atomic E-state index is 0.0301. The standard InChI is InChI=1S/C8H11N3OS/c1-5-9-6(4-13-5)8-10-7(12)3-11(8)2/h4,8H,3H2,1-2H3,(H,10,12). The van der Waals surface area contributed by atoms with Gasteiger partial charge in [0.15, 0.2) is 0 Å². The lowest BCUT2D eigenvalue weighted by Crippen LogP contribution is -2.24. The number of hydrogen-bond donors (Lipinski definition) is 1. The zero-order chi connectivity index (χ0) is 9.42. The van der Waals surface area contributed by atoms with Crippen molar-refractivity contribution in [2.24, 2.45) is 0 Å². The maximum absolute atomic E-state index is 11.1. The van der Waals surface area contributed by atoms with E-state index in [1.165, 1.54) is 0 Å². The second kappa shape index (κ2) is 3.08. The molecule has 0 saturated carbocycles. The number of thiazole rings is 1. The smallest absolute Gasteiger partial charge is 0.235 e. The summed E-state index contributed by atoms with van der Waals surface area (Å²) in [5.41, 5.74) is 0.941. The van der Waals surface area contributed by atoms with E-state index in [0.29, 0.717) is 6.54 Å². The molecule has 0 bridgehead atoms. The van der Waals surface area contributed by atoms with Gasteiger partial charge in [-0.25, -0.2) is 4.98 Å². The fourth-order valence-electron chi connectivity index (χ4n) is 1.43. The second-order valence-electron chi connectivity index (χ2n) is 3.18. The molecule has 5 heteroatoms. The largest absolute Gasteiger partial charge is 0.334 e. The summed E-state index contributed by atoms with van der Waals surface area (Å²) in [5.74, 6) is 0.0677. The van der Waals surface area contributed by atoms with E-state index in [9.17, 15) is 4.79 Å². The Hall–Kier alpha value is -0.940. The molecule has 0 aliphatic carbocycles. The van der Waals surface area contributed by atoms with Gasteiger partial charge in [0.25, 0.3) is 0 Å². The van der Waals surface area contributed by atoms with Gasteiger partial charge in [-0.05, 0) is 14.0 Å². The Kier molecular flexibility index (Phi) is 2.05. The van der Waals surface area contributed by atoms with E-state index in [-0.39, 0.29) is 12.1 Å². The highest BCUT2D eigenvalue weighted by molar-refractivity contribution is 7.09. The maximum atomic E-state index is 11.1. The average molecular weight is 197 g/mol. The first-order valence-corrected chi connectivity index (χ1v) is 4.96. The highest BCUT2D eigenvalue weighted by Crippen LogP contribution is 2.21. The highest BCUT2D eigenvalue weighted by atomic mass is 32.1. The molecular weight excluding hydrogens is 186 g/mol. The van der Waals surface area contributed by atoms with Crippen LogP contribution in [0.1, 0.15) is 16.9 Å². The van der Waals surface area contributed by atoms with Crippen LogP contribution in [0, 0.1) is 6.92 Å². The summed E-state index contributed by atoms with van der Waals surface area (Å²) in [6.07, 6.45) is -0.0301. The first kappa shape index (κ1) is 8.65.